The van der Waals surface area contributed by atoms with Gasteiger partial charge < -0.3 is 4.57 Å². The monoisotopic (exact) mass is 302 g/mol. The maximum Gasteiger partial charge on any atom is 0.123 e. The van der Waals surface area contributed by atoms with Crippen LogP contribution in [0.5, 0.6) is 0 Å². The van der Waals surface area contributed by atoms with Crippen molar-refractivity contribution in [3.05, 3.63) is 84.6 Å². The average Bonchev–Trinajstić information content (AvgIpc) is 2.97. The van der Waals surface area contributed by atoms with E-state index in [1.807, 2.05) is 24.3 Å². The minimum Gasteiger partial charge on any atom is -0.316 e. The first-order valence-electron chi connectivity index (χ1n) is 7.51. The number of hydrogen-bond donors (Lipinski definition) is 0. The highest BCUT2D eigenvalue weighted by molar-refractivity contribution is 5.98. The Morgan fingerprint density at radius 2 is 1.65 bits per heavy atom. The fourth-order valence-electron chi connectivity index (χ4n) is 3.03. The zero-order valence-electron chi connectivity index (χ0n) is 12.7. The van der Waals surface area contributed by atoms with Crippen LogP contribution < -0.4 is 0 Å². The molecule has 23 heavy (non-hydrogen) atoms. The number of nitrogens with zero attached hydrogens (tertiary/aromatic N) is 2. The molecule has 0 radical (unpaired) electrons. The van der Waals surface area contributed by atoms with Crippen LogP contribution in [0.15, 0.2) is 73.2 Å². The molecule has 0 saturated carbocycles. The summed E-state index contributed by atoms with van der Waals surface area (Å²) in [5, 5.41) is 1.16. The first-order valence-corrected chi connectivity index (χ1v) is 7.51. The third kappa shape index (κ3) is 2.30. The summed E-state index contributed by atoms with van der Waals surface area (Å²) >= 11 is 0. The second-order valence-electron chi connectivity index (χ2n) is 5.60. The van der Waals surface area contributed by atoms with E-state index < -0.39 is 0 Å². The van der Waals surface area contributed by atoms with Crippen LogP contribution in [-0.4, -0.2) is 9.55 Å². The molecule has 2 aromatic carbocycles. The highest BCUT2D eigenvalue weighted by Gasteiger charge is 2.13. The van der Waals surface area contributed by atoms with Crippen molar-refractivity contribution in [1.82, 2.24) is 9.55 Å². The zero-order chi connectivity index (χ0) is 15.8. The molecule has 0 N–H and O–H groups in total. The van der Waals surface area contributed by atoms with Gasteiger partial charge >= 0.3 is 0 Å². The van der Waals surface area contributed by atoms with Gasteiger partial charge in [-0.2, -0.15) is 0 Å². The number of para-hydroxylation sites is 1. The van der Waals surface area contributed by atoms with E-state index >= 15 is 0 Å². The van der Waals surface area contributed by atoms with Crippen LogP contribution in [0.25, 0.3) is 27.7 Å². The smallest absolute Gasteiger partial charge is 0.123 e. The van der Waals surface area contributed by atoms with E-state index in [0.29, 0.717) is 0 Å². The van der Waals surface area contributed by atoms with Crippen LogP contribution in [0.2, 0.25) is 0 Å². The first-order chi connectivity index (χ1) is 11.2. The van der Waals surface area contributed by atoms with Crippen LogP contribution in [-0.2, 0) is 0 Å². The van der Waals surface area contributed by atoms with Gasteiger partial charge in [0.2, 0.25) is 0 Å². The number of aromatic nitrogens is 2. The van der Waals surface area contributed by atoms with Crippen molar-refractivity contribution < 1.29 is 4.39 Å². The summed E-state index contributed by atoms with van der Waals surface area (Å²) in [6, 6.07) is 16.9. The maximum atomic E-state index is 13.2. The predicted molar refractivity (Wildman–Crippen MR) is 91.2 cm³/mol. The number of rotatable bonds is 2. The largest absolute Gasteiger partial charge is 0.316 e. The zero-order valence-corrected chi connectivity index (χ0v) is 12.7. The number of pyridine rings is 1. The Morgan fingerprint density at radius 1 is 0.913 bits per heavy atom. The second-order valence-corrected chi connectivity index (χ2v) is 5.60. The van der Waals surface area contributed by atoms with Crippen molar-refractivity contribution in [2.24, 2.45) is 0 Å². The Morgan fingerprint density at radius 3 is 2.39 bits per heavy atom. The molecule has 3 heteroatoms. The van der Waals surface area contributed by atoms with E-state index in [1.165, 1.54) is 17.7 Å². The van der Waals surface area contributed by atoms with E-state index in [-0.39, 0.29) is 5.82 Å². The summed E-state index contributed by atoms with van der Waals surface area (Å²) in [5.41, 5.74) is 5.54. The molecule has 4 aromatic rings. The van der Waals surface area contributed by atoms with Gasteiger partial charge in [-0.05, 0) is 42.3 Å². The average molecular weight is 302 g/mol. The van der Waals surface area contributed by atoms with E-state index in [0.717, 1.165) is 27.7 Å². The van der Waals surface area contributed by atoms with Gasteiger partial charge in [-0.25, -0.2) is 4.39 Å². The van der Waals surface area contributed by atoms with Crippen molar-refractivity contribution >= 4 is 10.9 Å². The molecule has 0 saturated heterocycles. The first kappa shape index (κ1) is 13.7. The molecule has 0 amide bonds. The third-order valence-corrected chi connectivity index (χ3v) is 4.12. The third-order valence-electron chi connectivity index (χ3n) is 4.12. The van der Waals surface area contributed by atoms with E-state index in [9.17, 15) is 4.39 Å². The van der Waals surface area contributed by atoms with Gasteiger partial charge in [0.05, 0.1) is 5.52 Å². The summed E-state index contributed by atoms with van der Waals surface area (Å²) in [6.45, 7) is 2.11. The van der Waals surface area contributed by atoms with Gasteiger partial charge in [-0.1, -0.05) is 30.3 Å². The lowest BCUT2D eigenvalue weighted by atomic mass is 10.0. The molecular formula is C20H15FN2. The molecule has 0 aliphatic carbocycles. The highest BCUT2D eigenvalue weighted by atomic mass is 19.1. The Hall–Kier alpha value is -2.94. The Bertz CT molecular complexity index is 970. The van der Waals surface area contributed by atoms with E-state index in [4.69, 9.17) is 0 Å². The maximum absolute atomic E-state index is 13.2. The van der Waals surface area contributed by atoms with Crippen molar-refractivity contribution in [2.75, 3.05) is 0 Å². The summed E-state index contributed by atoms with van der Waals surface area (Å²) in [5.74, 6) is -0.220. The van der Waals surface area contributed by atoms with Gasteiger partial charge in [0, 0.05) is 35.2 Å². The fourth-order valence-corrected chi connectivity index (χ4v) is 3.03. The number of halogens is 1. The lowest BCUT2D eigenvalue weighted by molar-refractivity contribution is 0.628. The molecule has 0 aliphatic heterocycles. The molecule has 0 aliphatic rings. The molecular weight excluding hydrogens is 287 g/mol. The van der Waals surface area contributed by atoms with Crippen LogP contribution >= 0.6 is 0 Å². The molecule has 0 unspecified atom stereocenters. The van der Waals surface area contributed by atoms with Crippen molar-refractivity contribution in [1.29, 1.82) is 0 Å². The molecule has 0 bridgehead atoms. The van der Waals surface area contributed by atoms with Crippen molar-refractivity contribution in [3.8, 4) is 16.8 Å². The van der Waals surface area contributed by atoms with Gasteiger partial charge in [-0.15, -0.1) is 0 Å². The lowest BCUT2D eigenvalue weighted by Gasteiger charge is -2.06. The topological polar surface area (TPSA) is 17.8 Å². The van der Waals surface area contributed by atoms with Crippen LogP contribution in [0.3, 0.4) is 0 Å². The molecule has 0 spiro atoms. The molecule has 112 valence electrons. The fraction of sp³-hybridized carbons (Fsp3) is 0.0500. The molecule has 4 rings (SSSR count). The van der Waals surface area contributed by atoms with Crippen molar-refractivity contribution in [3.63, 3.8) is 0 Å². The van der Waals surface area contributed by atoms with Crippen LogP contribution in [0.4, 0.5) is 4.39 Å². The Kier molecular flexibility index (Phi) is 3.19. The normalized spacial score (nSPS) is 11.0. The molecule has 0 fully saturated rings. The SMILES string of the molecule is Cc1cccc2c(-c3ccc(F)cc3)cn(-c3ccncc3)c12. The van der Waals surface area contributed by atoms with Crippen molar-refractivity contribution in [2.45, 2.75) is 6.92 Å². The Balaban J connectivity index is 2.03. The van der Waals surface area contributed by atoms with E-state index in [2.05, 4.69) is 40.9 Å². The molecule has 0 atom stereocenters. The predicted octanol–water partition coefficient (Wildman–Crippen LogP) is 5.14. The second kappa shape index (κ2) is 5.36. The molecule has 2 heterocycles. The molecule has 2 aromatic heterocycles. The van der Waals surface area contributed by atoms with Gasteiger partial charge in [0.15, 0.2) is 0 Å². The van der Waals surface area contributed by atoms with Crippen LogP contribution in [0.1, 0.15) is 5.56 Å². The summed E-state index contributed by atoms with van der Waals surface area (Å²) < 4.78 is 15.4. The minimum absolute atomic E-state index is 0.220. The van der Waals surface area contributed by atoms with E-state index in [1.54, 1.807) is 12.4 Å². The van der Waals surface area contributed by atoms with Gasteiger partial charge in [0.1, 0.15) is 5.82 Å². The Labute approximate surface area is 133 Å². The number of hydrogen-bond acceptors (Lipinski definition) is 1. The number of aryl methyl sites for hydroxylation is 1. The molecule has 2 nitrogen and oxygen atoms in total. The van der Waals surface area contributed by atoms with Gasteiger partial charge in [0.25, 0.3) is 0 Å². The quantitative estimate of drug-likeness (QED) is 0.501. The minimum atomic E-state index is -0.220. The number of fused-ring (bicyclic) bond motifs is 1. The number of benzene rings is 2. The van der Waals surface area contributed by atoms with Crippen LogP contribution in [0, 0.1) is 12.7 Å². The lowest BCUT2D eigenvalue weighted by Crippen LogP contribution is -1.93. The standard InChI is InChI=1S/C20H15FN2/c1-14-3-2-4-18-19(15-5-7-16(21)8-6-15)13-23(20(14)18)17-9-11-22-12-10-17/h2-13H,1H3. The summed E-state index contributed by atoms with van der Waals surface area (Å²) in [6.07, 6.45) is 5.69. The summed E-state index contributed by atoms with van der Waals surface area (Å²) in [4.78, 5) is 4.09. The van der Waals surface area contributed by atoms with Gasteiger partial charge in [-0.3, -0.25) is 4.98 Å². The highest BCUT2D eigenvalue weighted by Crippen LogP contribution is 2.34. The summed E-state index contributed by atoms with van der Waals surface area (Å²) in [7, 11) is 0.